The van der Waals surface area contributed by atoms with Gasteiger partial charge in [-0.3, -0.25) is 19.2 Å². The smallest absolute Gasteiger partial charge is 0.303 e. The second-order valence-corrected chi connectivity index (χ2v) is 13.1. The van der Waals surface area contributed by atoms with Gasteiger partial charge in [-0.2, -0.15) is 0 Å². The van der Waals surface area contributed by atoms with Crippen LogP contribution in [0.15, 0.2) is 27.3 Å². The van der Waals surface area contributed by atoms with Gasteiger partial charge in [-0.05, 0) is 44.4 Å². The minimum Gasteiger partial charge on any atom is -0.504 e. The molecule has 12 heteroatoms. The zero-order valence-corrected chi connectivity index (χ0v) is 29.2. The molecule has 0 aliphatic heterocycles. The van der Waals surface area contributed by atoms with Gasteiger partial charge >= 0.3 is 11.9 Å². The van der Waals surface area contributed by atoms with Crippen molar-refractivity contribution in [2.45, 2.75) is 64.7 Å². The summed E-state index contributed by atoms with van der Waals surface area (Å²) in [7, 11) is 4.46. The summed E-state index contributed by atoms with van der Waals surface area (Å²) >= 11 is 0. The number of benzene rings is 5. The van der Waals surface area contributed by atoms with Crippen LogP contribution < -0.4 is 35.7 Å². The molecular weight excluding hydrogens is 656 g/mol. The fraction of sp³-hybridized carbons (Fsp3) is 0.385. The molecule has 0 unspecified atom stereocenters. The zero-order valence-electron chi connectivity index (χ0n) is 29.2. The maximum absolute atomic E-state index is 14.9. The molecule has 0 saturated carbocycles. The van der Waals surface area contributed by atoms with Crippen molar-refractivity contribution in [3.05, 3.63) is 49.3 Å². The number of carbonyl (C=O) groups is 2. The molecule has 0 spiro atoms. The highest BCUT2D eigenvalue weighted by Gasteiger charge is 2.33. The summed E-state index contributed by atoms with van der Waals surface area (Å²) in [4.78, 5) is 50.7. The first-order chi connectivity index (χ1) is 24.5. The van der Waals surface area contributed by atoms with Crippen LogP contribution in [0.25, 0.3) is 49.2 Å². The van der Waals surface area contributed by atoms with Gasteiger partial charge in [-0.15, -0.1) is 0 Å². The molecule has 0 radical (unpaired) electrons. The molecule has 268 valence electrons. The average molecular weight is 699 g/mol. The van der Waals surface area contributed by atoms with E-state index in [0.717, 1.165) is 5.57 Å². The van der Waals surface area contributed by atoms with Gasteiger partial charge in [0.05, 0.1) is 37.8 Å². The number of phenolic OH excluding ortho intramolecular Hbond substituents is 1. The van der Waals surface area contributed by atoms with Gasteiger partial charge in [0.15, 0.2) is 16.9 Å². The van der Waals surface area contributed by atoms with Gasteiger partial charge in [0.1, 0.15) is 11.5 Å². The number of unbranched alkanes of at least 4 members (excludes halogenated alkanes) is 4. The van der Waals surface area contributed by atoms with Gasteiger partial charge in [-0.1, -0.05) is 24.5 Å². The second kappa shape index (κ2) is 14.4. The lowest BCUT2D eigenvalue weighted by molar-refractivity contribution is -0.138. The van der Waals surface area contributed by atoms with Crippen LogP contribution in [0.5, 0.6) is 23.0 Å². The average Bonchev–Trinajstić information content (AvgIpc) is 3.24. The van der Waals surface area contributed by atoms with E-state index in [1.54, 1.807) is 6.07 Å². The minimum absolute atomic E-state index is 0.0715. The summed E-state index contributed by atoms with van der Waals surface area (Å²) < 4.78 is 17.7. The summed E-state index contributed by atoms with van der Waals surface area (Å²) in [6, 6.07) is 3.10. The number of anilines is 2. The Bertz CT molecular complexity index is 2330. The Kier molecular flexibility index (Phi) is 9.95. The summed E-state index contributed by atoms with van der Waals surface area (Å²) in [5.41, 5.74) is 2.43. The first kappa shape index (κ1) is 35.3. The molecule has 5 aromatic rings. The van der Waals surface area contributed by atoms with E-state index in [4.69, 9.17) is 24.4 Å². The Labute approximate surface area is 293 Å². The standard InChI is InChI=1S/C39H42N2O10/c1-19-15-20-28-29-21(16-19)39(51-4)38(48)31-23(42)18-25(50-3)33(35(29)31)32-24(49-2)17-22(40-13-9-5-7-11-26(43)44)30(34(28)32)37(47)36(20)41-14-10-6-8-12-27(45)46/h15,17-18,40-41,48H,5-14,16H2,1-4H3,(H,43,44)(H,45,46). The number of hydrogen-bond donors (Lipinski definition) is 5. The Balaban J connectivity index is 1.72. The highest BCUT2D eigenvalue weighted by atomic mass is 16.5. The number of methoxy groups -OCH3 is 3. The van der Waals surface area contributed by atoms with Gasteiger partial charge in [0, 0.05) is 81.8 Å². The van der Waals surface area contributed by atoms with Crippen molar-refractivity contribution >= 4 is 72.5 Å². The van der Waals surface area contributed by atoms with Crippen LogP contribution in [0.4, 0.5) is 11.4 Å². The molecule has 1 aliphatic rings. The summed E-state index contributed by atoms with van der Waals surface area (Å²) in [6.07, 6.45) is 6.19. The van der Waals surface area contributed by atoms with Gasteiger partial charge in [0.2, 0.25) is 5.43 Å². The van der Waals surface area contributed by atoms with Crippen molar-refractivity contribution in [3.63, 3.8) is 0 Å². The molecule has 0 saturated heterocycles. The normalized spacial score (nSPS) is 12.5. The van der Waals surface area contributed by atoms with Crippen LogP contribution in [-0.2, 0) is 16.0 Å². The van der Waals surface area contributed by atoms with Crippen molar-refractivity contribution in [1.29, 1.82) is 0 Å². The monoisotopic (exact) mass is 698 g/mol. The van der Waals surface area contributed by atoms with E-state index in [1.165, 1.54) is 27.4 Å². The molecule has 0 fully saturated rings. The van der Waals surface area contributed by atoms with E-state index >= 15 is 0 Å². The van der Waals surface area contributed by atoms with Crippen LogP contribution in [0.1, 0.15) is 69.4 Å². The van der Waals surface area contributed by atoms with Crippen molar-refractivity contribution in [2.75, 3.05) is 45.1 Å². The highest BCUT2D eigenvalue weighted by Crippen LogP contribution is 2.55. The van der Waals surface area contributed by atoms with E-state index in [2.05, 4.69) is 10.6 Å². The quantitative estimate of drug-likeness (QED) is 0.0395. The molecule has 51 heavy (non-hydrogen) atoms. The van der Waals surface area contributed by atoms with Crippen LogP contribution in [0.2, 0.25) is 0 Å². The summed E-state index contributed by atoms with van der Waals surface area (Å²) in [5.74, 6) is -1.07. The number of nitrogens with one attached hydrogen (secondary N) is 2. The van der Waals surface area contributed by atoms with Crippen molar-refractivity contribution in [2.24, 2.45) is 0 Å². The third kappa shape index (κ3) is 6.12. The predicted molar refractivity (Wildman–Crippen MR) is 199 cm³/mol. The maximum Gasteiger partial charge on any atom is 0.303 e. The lowest BCUT2D eigenvalue weighted by Gasteiger charge is -2.24. The number of phenols is 1. The van der Waals surface area contributed by atoms with Gasteiger partial charge < -0.3 is 40.2 Å². The van der Waals surface area contributed by atoms with E-state index in [1.807, 2.05) is 13.0 Å². The number of allylic oxidation sites excluding steroid dienone is 1. The largest absolute Gasteiger partial charge is 0.504 e. The SMILES string of the molecule is COc1c(O)c2c(=O)cc(OC)c3c4c(OC)cc(NCCCCCC(=O)O)c5c(=O)c(NCCCCCC(=O)O)c6c(c(c1CC(C)=C6)c23)c54. The number of fused-ring (bicyclic) bond motifs is 1. The number of hydrogen-bond acceptors (Lipinski definition) is 10. The van der Waals surface area contributed by atoms with Gasteiger partial charge in [-0.25, -0.2) is 0 Å². The van der Waals surface area contributed by atoms with E-state index in [9.17, 15) is 24.3 Å². The highest BCUT2D eigenvalue weighted by molar-refractivity contribution is 6.40. The Hall–Kier alpha value is -5.52. The first-order valence-corrected chi connectivity index (χ1v) is 17.2. The number of ether oxygens (including phenoxy) is 3. The topological polar surface area (TPSA) is 181 Å². The van der Waals surface area contributed by atoms with Crippen molar-refractivity contribution in [1.82, 2.24) is 0 Å². The zero-order chi connectivity index (χ0) is 36.6. The molecular formula is C39H42N2O10. The predicted octanol–water partition coefficient (Wildman–Crippen LogP) is 6.70. The second-order valence-electron chi connectivity index (χ2n) is 13.1. The lowest BCUT2D eigenvalue weighted by Crippen LogP contribution is -2.17. The first-order valence-electron chi connectivity index (χ1n) is 17.2. The Morgan fingerprint density at radius 1 is 0.706 bits per heavy atom. The molecule has 6 rings (SSSR count). The van der Waals surface area contributed by atoms with E-state index in [0.29, 0.717) is 124 Å². The summed E-state index contributed by atoms with van der Waals surface area (Å²) in [6.45, 7) is 2.84. The number of carboxylic acid groups (broad SMARTS) is 2. The number of aromatic hydroxyl groups is 1. The van der Waals surface area contributed by atoms with E-state index in [-0.39, 0.29) is 40.9 Å². The number of aliphatic carboxylic acids is 2. The molecule has 12 nitrogen and oxygen atoms in total. The maximum atomic E-state index is 14.9. The van der Waals surface area contributed by atoms with Crippen molar-refractivity contribution in [3.8, 4) is 23.0 Å². The van der Waals surface area contributed by atoms with Gasteiger partial charge in [0.25, 0.3) is 0 Å². The summed E-state index contributed by atoms with van der Waals surface area (Å²) in [5, 5.41) is 40.6. The van der Waals surface area contributed by atoms with Crippen LogP contribution in [0, 0.1) is 0 Å². The molecule has 1 aliphatic carbocycles. The van der Waals surface area contributed by atoms with Crippen LogP contribution >= 0.6 is 0 Å². The van der Waals surface area contributed by atoms with E-state index < -0.39 is 17.4 Å². The Morgan fingerprint density at radius 2 is 1.29 bits per heavy atom. The van der Waals surface area contributed by atoms with Crippen LogP contribution in [-0.4, -0.2) is 61.7 Å². The third-order valence-corrected chi connectivity index (χ3v) is 9.81. The Morgan fingerprint density at radius 3 is 1.88 bits per heavy atom. The molecule has 0 bridgehead atoms. The fourth-order valence-electron chi connectivity index (χ4n) is 7.66. The molecule has 0 atom stereocenters. The molecule has 0 amide bonds. The minimum atomic E-state index is -0.850. The number of rotatable bonds is 17. The third-order valence-electron chi connectivity index (χ3n) is 9.81. The van der Waals surface area contributed by atoms with Crippen LogP contribution in [0.3, 0.4) is 0 Å². The molecule has 5 N–H and O–H groups in total. The molecule has 5 aromatic carbocycles. The fourth-order valence-corrected chi connectivity index (χ4v) is 7.66. The number of carboxylic acids is 2. The molecule has 0 aromatic heterocycles. The lowest BCUT2D eigenvalue weighted by atomic mass is 9.83. The molecule has 0 heterocycles. The van der Waals surface area contributed by atoms with Crippen molar-refractivity contribution < 1.29 is 39.1 Å².